The third-order valence-corrected chi connectivity index (χ3v) is 4.25. The summed E-state index contributed by atoms with van der Waals surface area (Å²) in [7, 11) is 0. The Morgan fingerprint density at radius 3 is 2.69 bits per heavy atom. The van der Waals surface area contributed by atoms with Crippen molar-refractivity contribution in [3.63, 3.8) is 0 Å². The second kappa shape index (κ2) is 10.2. The normalized spacial score (nSPS) is 10.7. The van der Waals surface area contributed by atoms with Gasteiger partial charge in [0.05, 0.1) is 19.0 Å². The minimum absolute atomic E-state index is 0.135. The Kier molecular flexibility index (Phi) is 7.18. The molecule has 0 unspecified atom stereocenters. The maximum Gasteiger partial charge on any atom is 0.287 e. The van der Waals surface area contributed by atoms with Crippen LogP contribution in [0.25, 0.3) is 0 Å². The van der Waals surface area contributed by atoms with Gasteiger partial charge in [-0.3, -0.25) is 9.59 Å². The number of nitrogens with zero attached hydrogens (tertiary/aromatic N) is 1. The van der Waals surface area contributed by atoms with E-state index in [-0.39, 0.29) is 12.3 Å². The number of carbonyl (C=O) groups excluding carboxylic acids is 2. The molecule has 0 spiro atoms. The third-order valence-electron chi connectivity index (χ3n) is 3.76. The lowest BCUT2D eigenvalue weighted by molar-refractivity contribution is -0.120. The Morgan fingerprint density at radius 2 is 1.93 bits per heavy atom. The Morgan fingerprint density at radius 1 is 1.10 bits per heavy atom. The summed E-state index contributed by atoms with van der Waals surface area (Å²) in [6.45, 7) is 0.182. The molecule has 0 saturated carbocycles. The van der Waals surface area contributed by atoms with Crippen molar-refractivity contribution in [1.29, 1.82) is 0 Å². The zero-order chi connectivity index (χ0) is 20.5. The van der Waals surface area contributed by atoms with Crippen LogP contribution in [0.2, 0.25) is 0 Å². The smallest absolute Gasteiger partial charge is 0.287 e. The molecule has 3 rings (SSSR count). The van der Waals surface area contributed by atoms with Gasteiger partial charge < -0.3 is 14.5 Å². The molecular weight excluding hydrogens is 438 g/mol. The Balaban J connectivity index is 1.54. The van der Waals surface area contributed by atoms with Crippen molar-refractivity contribution in [1.82, 2.24) is 10.7 Å². The van der Waals surface area contributed by atoms with E-state index in [0.717, 1.165) is 10.0 Å². The number of nitrogens with one attached hydrogen (secondary N) is 2. The molecule has 0 saturated heterocycles. The van der Waals surface area contributed by atoms with E-state index >= 15 is 0 Å². The summed E-state index contributed by atoms with van der Waals surface area (Å²) in [4.78, 5) is 23.6. The molecule has 0 aliphatic carbocycles. The molecule has 0 bridgehead atoms. The van der Waals surface area contributed by atoms with Crippen LogP contribution in [-0.4, -0.2) is 24.6 Å². The molecule has 0 fully saturated rings. The van der Waals surface area contributed by atoms with Gasteiger partial charge in [0, 0.05) is 10.0 Å². The molecule has 0 atom stereocenters. The van der Waals surface area contributed by atoms with Gasteiger partial charge in [0.2, 0.25) is 0 Å². The van der Waals surface area contributed by atoms with Gasteiger partial charge in [-0.05, 0) is 35.9 Å². The number of benzene rings is 2. The van der Waals surface area contributed by atoms with Gasteiger partial charge in [-0.25, -0.2) is 5.43 Å². The number of amides is 2. The van der Waals surface area contributed by atoms with Crippen LogP contribution in [0, 0.1) is 0 Å². The van der Waals surface area contributed by atoms with Crippen molar-refractivity contribution in [2.45, 2.75) is 6.61 Å². The summed E-state index contributed by atoms with van der Waals surface area (Å²) in [6.07, 6.45) is 2.87. The SMILES string of the molecule is O=C(CNC(=O)c1ccco1)NN=Cc1cc(Br)ccc1OCc1ccccc1. The van der Waals surface area contributed by atoms with Crippen molar-refractivity contribution in [3.05, 3.63) is 88.3 Å². The standard InChI is InChI=1S/C21H18BrN3O4/c22-17-8-9-18(29-14-15-5-2-1-3-6-15)16(11-17)12-24-25-20(26)13-23-21(27)19-7-4-10-28-19/h1-12H,13-14H2,(H,23,27)(H,25,26). The fourth-order valence-corrected chi connectivity index (χ4v) is 2.73. The van der Waals surface area contributed by atoms with Crippen molar-refractivity contribution >= 4 is 34.0 Å². The number of hydrogen-bond donors (Lipinski definition) is 2. The number of furan rings is 1. The van der Waals surface area contributed by atoms with Crippen LogP contribution in [0.1, 0.15) is 21.7 Å². The molecule has 2 amide bonds. The van der Waals surface area contributed by atoms with Crippen LogP contribution in [0.3, 0.4) is 0 Å². The molecule has 7 nitrogen and oxygen atoms in total. The average molecular weight is 456 g/mol. The first kappa shape index (κ1) is 20.3. The van der Waals surface area contributed by atoms with Gasteiger partial charge in [-0.1, -0.05) is 46.3 Å². The van der Waals surface area contributed by atoms with Crippen LogP contribution in [0.5, 0.6) is 5.75 Å². The van der Waals surface area contributed by atoms with E-state index in [9.17, 15) is 9.59 Å². The van der Waals surface area contributed by atoms with E-state index in [0.29, 0.717) is 17.9 Å². The van der Waals surface area contributed by atoms with Gasteiger partial charge in [0.15, 0.2) is 5.76 Å². The predicted molar refractivity (Wildman–Crippen MR) is 112 cm³/mol. The summed E-state index contributed by atoms with van der Waals surface area (Å²) in [6, 6.07) is 18.4. The van der Waals surface area contributed by atoms with Crippen LogP contribution < -0.4 is 15.5 Å². The third kappa shape index (κ3) is 6.32. The van der Waals surface area contributed by atoms with Gasteiger partial charge in [-0.15, -0.1) is 0 Å². The molecule has 0 aliphatic heterocycles. The zero-order valence-electron chi connectivity index (χ0n) is 15.3. The lowest BCUT2D eigenvalue weighted by atomic mass is 10.2. The minimum atomic E-state index is -0.474. The van der Waals surface area contributed by atoms with Crippen LogP contribution >= 0.6 is 15.9 Å². The monoisotopic (exact) mass is 455 g/mol. The van der Waals surface area contributed by atoms with Gasteiger partial charge >= 0.3 is 0 Å². The molecule has 3 aromatic rings. The van der Waals surface area contributed by atoms with Crippen molar-refractivity contribution in [3.8, 4) is 5.75 Å². The maximum absolute atomic E-state index is 11.9. The fourth-order valence-electron chi connectivity index (χ4n) is 2.36. The van der Waals surface area contributed by atoms with Gasteiger partial charge in [0.25, 0.3) is 11.8 Å². The maximum atomic E-state index is 11.9. The van der Waals surface area contributed by atoms with Gasteiger partial charge in [-0.2, -0.15) is 5.10 Å². The Bertz CT molecular complexity index is 988. The van der Waals surface area contributed by atoms with E-state index in [1.807, 2.05) is 48.5 Å². The van der Waals surface area contributed by atoms with E-state index < -0.39 is 11.8 Å². The van der Waals surface area contributed by atoms with E-state index in [1.54, 1.807) is 6.07 Å². The lowest BCUT2D eigenvalue weighted by Crippen LogP contribution is -2.34. The van der Waals surface area contributed by atoms with Crippen LogP contribution in [0.15, 0.2) is 80.9 Å². The number of hydrazone groups is 1. The molecule has 2 N–H and O–H groups in total. The van der Waals surface area contributed by atoms with E-state index in [2.05, 4.69) is 31.8 Å². The largest absolute Gasteiger partial charge is 0.488 e. The molecule has 0 radical (unpaired) electrons. The second-order valence-electron chi connectivity index (χ2n) is 5.91. The first-order valence-electron chi connectivity index (χ1n) is 8.72. The summed E-state index contributed by atoms with van der Waals surface area (Å²) < 4.78 is 11.7. The molecule has 0 aliphatic rings. The summed E-state index contributed by atoms with van der Waals surface area (Å²) in [5.41, 5.74) is 4.10. The molecular formula is C21H18BrN3O4. The second-order valence-corrected chi connectivity index (χ2v) is 6.83. The molecule has 1 aromatic heterocycles. The zero-order valence-corrected chi connectivity index (χ0v) is 16.9. The number of ether oxygens (including phenoxy) is 1. The number of halogens is 1. The number of hydrogen-bond acceptors (Lipinski definition) is 5. The molecule has 2 aromatic carbocycles. The first-order chi connectivity index (χ1) is 14.1. The average Bonchev–Trinajstić information content (AvgIpc) is 3.27. The molecule has 29 heavy (non-hydrogen) atoms. The molecule has 8 heteroatoms. The molecule has 1 heterocycles. The van der Waals surface area contributed by atoms with Crippen molar-refractivity contribution in [2.24, 2.45) is 5.10 Å². The highest BCUT2D eigenvalue weighted by atomic mass is 79.9. The predicted octanol–water partition coefficient (Wildman–Crippen LogP) is 3.50. The lowest BCUT2D eigenvalue weighted by Gasteiger charge is -2.09. The summed E-state index contributed by atoms with van der Waals surface area (Å²) >= 11 is 3.41. The van der Waals surface area contributed by atoms with E-state index in [1.165, 1.54) is 18.5 Å². The van der Waals surface area contributed by atoms with Gasteiger partial charge in [0.1, 0.15) is 12.4 Å². The topological polar surface area (TPSA) is 92.9 Å². The van der Waals surface area contributed by atoms with E-state index in [4.69, 9.17) is 9.15 Å². The Hall–Kier alpha value is -3.39. The van der Waals surface area contributed by atoms with Crippen LogP contribution in [0.4, 0.5) is 0 Å². The first-order valence-corrected chi connectivity index (χ1v) is 9.51. The number of rotatable bonds is 8. The summed E-state index contributed by atoms with van der Waals surface area (Å²) in [5.74, 6) is -0.183. The minimum Gasteiger partial charge on any atom is -0.488 e. The van der Waals surface area contributed by atoms with Crippen LogP contribution in [-0.2, 0) is 11.4 Å². The molecule has 148 valence electrons. The Labute approximate surface area is 175 Å². The highest BCUT2D eigenvalue weighted by molar-refractivity contribution is 9.10. The quantitative estimate of drug-likeness (QED) is 0.401. The van der Waals surface area contributed by atoms with Crippen molar-refractivity contribution < 1.29 is 18.7 Å². The fraction of sp³-hybridized carbons (Fsp3) is 0.0952. The summed E-state index contributed by atoms with van der Waals surface area (Å²) in [5, 5.41) is 6.38. The van der Waals surface area contributed by atoms with Crippen molar-refractivity contribution in [2.75, 3.05) is 6.54 Å². The highest BCUT2D eigenvalue weighted by Gasteiger charge is 2.09. The highest BCUT2D eigenvalue weighted by Crippen LogP contribution is 2.22. The number of carbonyl (C=O) groups is 2.